The second-order valence-corrected chi connectivity index (χ2v) is 6.57. The van der Waals surface area contributed by atoms with Crippen LogP contribution in [-0.4, -0.2) is 30.7 Å². The van der Waals surface area contributed by atoms with Crippen LogP contribution in [-0.2, 0) is 14.3 Å². The third-order valence-electron chi connectivity index (χ3n) is 5.20. The van der Waals surface area contributed by atoms with Gasteiger partial charge >= 0.3 is 0 Å². The average molecular weight is 266 g/mol. The minimum Gasteiger partial charge on any atom is -0.378 e. The number of Topliss-reactive ketones (excluding diaryl/α,β-unsaturated/α-hetero) is 1. The highest BCUT2D eigenvalue weighted by atomic mass is 16.5. The second-order valence-electron chi connectivity index (χ2n) is 6.57. The van der Waals surface area contributed by atoms with E-state index < -0.39 is 0 Å². The largest absolute Gasteiger partial charge is 0.378 e. The highest BCUT2D eigenvalue weighted by Gasteiger charge is 2.41. The fourth-order valence-electron chi connectivity index (χ4n) is 4.05. The molecular weight excluding hydrogens is 240 g/mol. The van der Waals surface area contributed by atoms with E-state index in [-0.39, 0.29) is 11.5 Å². The van der Waals surface area contributed by atoms with E-state index in [1.165, 1.54) is 32.1 Å². The number of rotatable bonds is 4. The maximum atomic E-state index is 12.4. The van der Waals surface area contributed by atoms with Crippen LogP contribution in [0.15, 0.2) is 0 Å². The molecule has 2 unspecified atom stereocenters. The van der Waals surface area contributed by atoms with Crippen LogP contribution in [0.25, 0.3) is 0 Å². The summed E-state index contributed by atoms with van der Waals surface area (Å²) in [7, 11) is 0. The van der Waals surface area contributed by atoms with Crippen LogP contribution in [0.3, 0.4) is 0 Å². The number of hydrogen-bond donors (Lipinski definition) is 0. The Balaban J connectivity index is 1.48. The summed E-state index contributed by atoms with van der Waals surface area (Å²) in [6, 6.07) is 0. The van der Waals surface area contributed by atoms with E-state index in [2.05, 4.69) is 0 Å². The van der Waals surface area contributed by atoms with Gasteiger partial charge in [0.25, 0.3) is 0 Å². The van der Waals surface area contributed by atoms with Gasteiger partial charge < -0.3 is 9.47 Å². The van der Waals surface area contributed by atoms with Crippen molar-refractivity contribution in [1.29, 1.82) is 0 Å². The molecular formula is C16H26O3. The smallest absolute Gasteiger partial charge is 0.136 e. The maximum absolute atomic E-state index is 12.4. The molecule has 2 saturated heterocycles. The summed E-state index contributed by atoms with van der Waals surface area (Å²) in [5, 5.41) is 0. The Morgan fingerprint density at radius 2 is 1.95 bits per heavy atom. The number of hydrogen-bond acceptors (Lipinski definition) is 3. The summed E-state index contributed by atoms with van der Waals surface area (Å²) in [6.07, 6.45) is 11.1. The zero-order chi connectivity index (χ0) is 13.1. The molecule has 3 fully saturated rings. The van der Waals surface area contributed by atoms with Gasteiger partial charge in [-0.2, -0.15) is 0 Å². The van der Waals surface area contributed by atoms with Gasteiger partial charge in [-0.1, -0.05) is 12.8 Å². The van der Waals surface area contributed by atoms with Gasteiger partial charge in [0, 0.05) is 25.6 Å². The summed E-state index contributed by atoms with van der Waals surface area (Å²) in [5.41, 5.74) is 0.0719. The highest BCUT2D eigenvalue weighted by Crippen LogP contribution is 2.42. The molecule has 1 aliphatic carbocycles. The molecule has 0 amide bonds. The Kier molecular flexibility index (Phi) is 4.23. The van der Waals surface area contributed by atoms with Crippen LogP contribution in [0.1, 0.15) is 64.2 Å². The molecule has 0 N–H and O–H groups in total. The normalized spacial score (nSPS) is 33.9. The number of ether oxygens (including phenoxy) is 2. The number of ketones is 1. The summed E-state index contributed by atoms with van der Waals surface area (Å²) in [5.74, 6) is 0.721. The third kappa shape index (κ3) is 3.19. The van der Waals surface area contributed by atoms with E-state index >= 15 is 0 Å². The fourth-order valence-corrected chi connectivity index (χ4v) is 4.05. The third-order valence-corrected chi connectivity index (χ3v) is 5.20. The van der Waals surface area contributed by atoms with Crippen molar-refractivity contribution in [2.24, 2.45) is 5.92 Å². The Morgan fingerprint density at radius 3 is 2.68 bits per heavy atom. The maximum Gasteiger partial charge on any atom is 0.136 e. The van der Waals surface area contributed by atoms with E-state index in [0.29, 0.717) is 18.3 Å². The standard InChI is InChI=1S/C16H26O3/c17-15(6-5-14-4-3-10-18-14)13-7-11-19-16(12-13)8-1-2-9-16/h13-14H,1-12H2. The molecule has 3 heteroatoms. The van der Waals surface area contributed by atoms with E-state index in [4.69, 9.17) is 9.47 Å². The molecule has 0 aromatic carbocycles. The molecule has 1 saturated carbocycles. The molecule has 2 atom stereocenters. The Morgan fingerprint density at radius 1 is 1.11 bits per heavy atom. The van der Waals surface area contributed by atoms with E-state index in [1.807, 2.05) is 0 Å². The first-order valence-corrected chi connectivity index (χ1v) is 8.06. The van der Waals surface area contributed by atoms with Crippen molar-refractivity contribution >= 4 is 5.78 Å². The van der Waals surface area contributed by atoms with Gasteiger partial charge in [-0.3, -0.25) is 4.79 Å². The number of carbonyl (C=O) groups is 1. The first-order valence-electron chi connectivity index (χ1n) is 8.06. The van der Waals surface area contributed by atoms with Crippen LogP contribution in [0, 0.1) is 5.92 Å². The van der Waals surface area contributed by atoms with Gasteiger partial charge in [0.15, 0.2) is 0 Å². The Bertz CT molecular complexity index is 314. The minimum atomic E-state index is 0.0719. The summed E-state index contributed by atoms with van der Waals surface area (Å²) >= 11 is 0. The summed E-state index contributed by atoms with van der Waals surface area (Å²) < 4.78 is 11.6. The van der Waals surface area contributed by atoms with Crippen molar-refractivity contribution in [1.82, 2.24) is 0 Å². The van der Waals surface area contributed by atoms with Gasteiger partial charge in [0.2, 0.25) is 0 Å². The second kappa shape index (κ2) is 5.92. The zero-order valence-corrected chi connectivity index (χ0v) is 11.9. The molecule has 0 aromatic heterocycles. The Labute approximate surface area is 116 Å². The quantitative estimate of drug-likeness (QED) is 0.783. The molecule has 3 aliphatic rings. The topological polar surface area (TPSA) is 35.5 Å². The lowest BCUT2D eigenvalue weighted by Crippen LogP contribution is -2.39. The van der Waals surface area contributed by atoms with Crippen molar-refractivity contribution in [3.63, 3.8) is 0 Å². The van der Waals surface area contributed by atoms with E-state index in [0.717, 1.165) is 38.9 Å². The average Bonchev–Trinajstić information content (AvgIpc) is 3.08. The SMILES string of the molecule is O=C(CCC1CCCO1)C1CCOC2(CCCC2)C1. The first-order chi connectivity index (χ1) is 9.27. The van der Waals surface area contributed by atoms with Crippen LogP contribution in [0.5, 0.6) is 0 Å². The van der Waals surface area contributed by atoms with E-state index in [9.17, 15) is 4.79 Å². The van der Waals surface area contributed by atoms with Crippen LogP contribution in [0.2, 0.25) is 0 Å². The molecule has 1 spiro atoms. The van der Waals surface area contributed by atoms with Gasteiger partial charge in [0.05, 0.1) is 11.7 Å². The van der Waals surface area contributed by atoms with Crippen molar-refractivity contribution in [2.45, 2.75) is 75.9 Å². The molecule has 3 nitrogen and oxygen atoms in total. The predicted octanol–water partition coefficient (Wildman–Crippen LogP) is 3.25. The van der Waals surface area contributed by atoms with Crippen LogP contribution < -0.4 is 0 Å². The summed E-state index contributed by atoms with van der Waals surface area (Å²) in [4.78, 5) is 12.4. The van der Waals surface area contributed by atoms with Crippen molar-refractivity contribution in [3.05, 3.63) is 0 Å². The van der Waals surface area contributed by atoms with Gasteiger partial charge in [-0.15, -0.1) is 0 Å². The molecule has 0 radical (unpaired) electrons. The fraction of sp³-hybridized carbons (Fsp3) is 0.938. The van der Waals surface area contributed by atoms with Gasteiger partial charge in [-0.25, -0.2) is 0 Å². The molecule has 0 aromatic rings. The van der Waals surface area contributed by atoms with Gasteiger partial charge in [-0.05, 0) is 44.9 Å². The monoisotopic (exact) mass is 266 g/mol. The van der Waals surface area contributed by atoms with Crippen molar-refractivity contribution < 1.29 is 14.3 Å². The highest BCUT2D eigenvalue weighted by molar-refractivity contribution is 5.81. The lowest BCUT2D eigenvalue weighted by molar-refractivity contribution is -0.136. The lowest BCUT2D eigenvalue weighted by Gasteiger charge is -2.37. The molecule has 19 heavy (non-hydrogen) atoms. The van der Waals surface area contributed by atoms with E-state index in [1.54, 1.807) is 0 Å². The molecule has 108 valence electrons. The Hall–Kier alpha value is -0.410. The summed E-state index contributed by atoms with van der Waals surface area (Å²) in [6.45, 7) is 1.68. The molecule has 3 rings (SSSR count). The van der Waals surface area contributed by atoms with Crippen LogP contribution >= 0.6 is 0 Å². The zero-order valence-electron chi connectivity index (χ0n) is 11.9. The van der Waals surface area contributed by atoms with Gasteiger partial charge in [0.1, 0.15) is 5.78 Å². The van der Waals surface area contributed by atoms with Crippen molar-refractivity contribution in [3.8, 4) is 0 Å². The molecule has 2 aliphatic heterocycles. The molecule has 2 heterocycles. The predicted molar refractivity (Wildman–Crippen MR) is 73.1 cm³/mol. The van der Waals surface area contributed by atoms with Crippen molar-refractivity contribution in [2.75, 3.05) is 13.2 Å². The number of carbonyl (C=O) groups excluding carboxylic acids is 1. The van der Waals surface area contributed by atoms with Crippen LogP contribution in [0.4, 0.5) is 0 Å². The minimum absolute atomic E-state index is 0.0719. The lowest BCUT2D eigenvalue weighted by atomic mass is 9.81. The first kappa shape index (κ1) is 13.6. The molecule has 0 bridgehead atoms.